The first-order valence-corrected chi connectivity index (χ1v) is 10.5. The molecule has 0 aliphatic carbocycles. The summed E-state index contributed by atoms with van der Waals surface area (Å²) in [7, 11) is 0. The number of unbranched alkanes of at least 4 members (excludes halogenated alkanes) is 2. The maximum Gasteiger partial charge on any atom is 0.277 e. The lowest BCUT2D eigenvalue weighted by Crippen LogP contribution is -2.11. The highest BCUT2D eigenvalue weighted by Crippen LogP contribution is 2.26. The Kier molecular flexibility index (Phi) is 7.24. The third kappa shape index (κ3) is 5.80. The zero-order valence-electron chi connectivity index (χ0n) is 16.4. The molecule has 0 atom stereocenters. The molecule has 0 saturated carbocycles. The Labute approximate surface area is 173 Å². The number of ketones is 1. The van der Waals surface area contributed by atoms with E-state index in [0.717, 1.165) is 24.8 Å². The summed E-state index contributed by atoms with van der Waals surface area (Å²) >= 11 is 1.18. The molecule has 0 fully saturated rings. The van der Waals surface area contributed by atoms with E-state index in [0.29, 0.717) is 34.5 Å². The molecule has 0 aliphatic rings. The molecule has 0 bridgehead atoms. The van der Waals surface area contributed by atoms with E-state index < -0.39 is 0 Å². The number of aryl methyl sites for hydroxylation is 1. The third-order valence-electron chi connectivity index (χ3n) is 4.32. The minimum absolute atomic E-state index is 0.00635. The van der Waals surface area contributed by atoms with Crippen molar-refractivity contribution < 1.29 is 18.4 Å². The quantitative estimate of drug-likeness (QED) is 0.279. The second-order valence-corrected chi connectivity index (χ2v) is 7.48. The van der Waals surface area contributed by atoms with Gasteiger partial charge in [-0.3, -0.25) is 9.59 Å². The molecule has 2 heterocycles. The molecule has 0 unspecified atom stereocenters. The molecule has 0 aliphatic heterocycles. The number of furan rings is 1. The summed E-state index contributed by atoms with van der Waals surface area (Å²) < 4.78 is 10.8. The molecule has 152 valence electrons. The number of thioether (sulfide) groups is 1. The zero-order valence-corrected chi connectivity index (χ0v) is 17.3. The summed E-state index contributed by atoms with van der Waals surface area (Å²) in [4.78, 5) is 24.3. The van der Waals surface area contributed by atoms with Crippen LogP contribution in [0.15, 0.2) is 50.7 Å². The Hall–Kier alpha value is -2.87. The predicted molar refractivity (Wildman–Crippen MR) is 111 cm³/mol. The van der Waals surface area contributed by atoms with Crippen molar-refractivity contribution in [3.8, 4) is 11.5 Å². The normalized spacial score (nSPS) is 10.8. The first-order valence-electron chi connectivity index (χ1n) is 9.50. The lowest BCUT2D eigenvalue weighted by Gasteiger charge is -2.06. The SMILES string of the molecule is CCCCCC(=O)Nc1ccc(C(=O)CSc2nnc(-c3ccoc3C)o2)cc1. The molecule has 0 saturated heterocycles. The number of rotatable bonds is 10. The van der Waals surface area contributed by atoms with E-state index in [1.807, 2.05) is 6.92 Å². The number of hydrogen-bond acceptors (Lipinski definition) is 7. The Balaban J connectivity index is 1.50. The fraction of sp³-hybridized carbons (Fsp3) is 0.333. The number of benzene rings is 1. The maximum atomic E-state index is 12.4. The largest absolute Gasteiger partial charge is 0.469 e. The molecule has 2 aromatic heterocycles. The Morgan fingerprint density at radius 3 is 2.59 bits per heavy atom. The smallest absolute Gasteiger partial charge is 0.277 e. The van der Waals surface area contributed by atoms with Crippen LogP contribution in [0.1, 0.15) is 48.7 Å². The summed E-state index contributed by atoms with van der Waals surface area (Å²) in [5.74, 6) is 1.17. The van der Waals surface area contributed by atoms with Crippen molar-refractivity contribution in [1.82, 2.24) is 10.2 Å². The van der Waals surface area contributed by atoms with Gasteiger partial charge in [0.2, 0.25) is 5.91 Å². The Bertz CT molecular complexity index is 962. The zero-order chi connectivity index (χ0) is 20.6. The molecular formula is C21H23N3O4S. The van der Waals surface area contributed by atoms with Gasteiger partial charge in [0.25, 0.3) is 11.1 Å². The van der Waals surface area contributed by atoms with E-state index in [4.69, 9.17) is 8.83 Å². The summed E-state index contributed by atoms with van der Waals surface area (Å²) in [5, 5.41) is 11.1. The van der Waals surface area contributed by atoms with Crippen LogP contribution in [0.25, 0.3) is 11.5 Å². The van der Waals surface area contributed by atoms with Crippen molar-refractivity contribution in [3.05, 3.63) is 47.9 Å². The lowest BCUT2D eigenvalue weighted by atomic mass is 10.1. The number of nitrogens with zero attached hydrogens (tertiary/aromatic N) is 2. The Morgan fingerprint density at radius 1 is 1.10 bits per heavy atom. The maximum absolute atomic E-state index is 12.4. The van der Waals surface area contributed by atoms with Crippen molar-refractivity contribution in [1.29, 1.82) is 0 Å². The van der Waals surface area contributed by atoms with Gasteiger partial charge in [0.1, 0.15) is 5.76 Å². The number of nitrogens with one attached hydrogen (secondary N) is 1. The molecule has 0 radical (unpaired) electrons. The fourth-order valence-corrected chi connectivity index (χ4v) is 3.35. The van der Waals surface area contributed by atoms with Crippen molar-refractivity contribution in [2.45, 2.75) is 44.8 Å². The molecule has 1 N–H and O–H groups in total. The average Bonchev–Trinajstić information content (AvgIpc) is 3.35. The van der Waals surface area contributed by atoms with Gasteiger partial charge in [-0.25, -0.2) is 0 Å². The van der Waals surface area contributed by atoms with Crippen LogP contribution in [-0.2, 0) is 4.79 Å². The summed E-state index contributed by atoms with van der Waals surface area (Å²) in [5.41, 5.74) is 1.99. The van der Waals surface area contributed by atoms with Crippen LogP contribution in [0, 0.1) is 6.92 Å². The molecule has 1 aromatic carbocycles. The minimum Gasteiger partial charge on any atom is -0.469 e. The van der Waals surface area contributed by atoms with E-state index in [1.54, 1.807) is 36.6 Å². The number of anilines is 1. The molecule has 7 nitrogen and oxygen atoms in total. The highest BCUT2D eigenvalue weighted by molar-refractivity contribution is 7.99. The number of amides is 1. The topological polar surface area (TPSA) is 98.2 Å². The highest BCUT2D eigenvalue weighted by atomic mass is 32.2. The van der Waals surface area contributed by atoms with E-state index in [1.165, 1.54) is 11.8 Å². The van der Waals surface area contributed by atoms with Gasteiger partial charge < -0.3 is 14.2 Å². The van der Waals surface area contributed by atoms with Crippen LogP contribution in [0.3, 0.4) is 0 Å². The summed E-state index contributed by atoms with van der Waals surface area (Å²) in [6.45, 7) is 3.91. The van der Waals surface area contributed by atoms with Gasteiger partial charge in [-0.1, -0.05) is 31.5 Å². The molecule has 3 rings (SSSR count). The van der Waals surface area contributed by atoms with Crippen LogP contribution in [0.2, 0.25) is 0 Å². The van der Waals surface area contributed by atoms with Crippen LogP contribution in [0.4, 0.5) is 5.69 Å². The van der Waals surface area contributed by atoms with Gasteiger partial charge in [-0.05, 0) is 43.7 Å². The second kappa shape index (κ2) is 10.1. The number of carbonyl (C=O) groups is 2. The van der Waals surface area contributed by atoms with Gasteiger partial charge in [0, 0.05) is 17.7 Å². The van der Waals surface area contributed by atoms with Crippen LogP contribution in [0.5, 0.6) is 0 Å². The highest BCUT2D eigenvalue weighted by Gasteiger charge is 2.15. The molecule has 8 heteroatoms. The fourth-order valence-electron chi connectivity index (χ4n) is 2.69. The number of hydrogen-bond donors (Lipinski definition) is 1. The molecule has 3 aromatic rings. The van der Waals surface area contributed by atoms with Crippen molar-refractivity contribution in [2.75, 3.05) is 11.1 Å². The van der Waals surface area contributed by atoms with Crippen LogP contribution in [-0.4, -0.2) is 27.6 Å². The van der Waals surface area contributed by atoms with E-state index in [9.17, 15) is 9.59 Å². The second-order valence-electron chi connectivity index (χ2n) is 6.56. The first-order chi connectivity index (χ1) is 14.1. The predicted octanol–water partition coefficient (Wildman–Crippen LogP) is 5.13. The first kappa shape index (κ1) is 20.9. The number of Topliss-reactive ketones (excluding diaryl/α,β-unsaturated/α-hetero) is 1. The molecule has 1 amide bonds. The summed E-state index contributed by atoms with van der Waals surface area (Å²) in [6, 6.07) is 8.65. The van der Waals surface area contributed by atoms with Gasteiger partial charge >= 0.3 is 0 Å². The number of aromatic nitrogens is 2. The van der Waals surface area contributed by atoms with Gasteiger partial charge in [-0.15, -0.1) is 10.2 Å². The molecular weight excluding hydrogens is 390 g/mol. The van der Waals surface area contributed by atoms with Crippen LogP contribution >= 0.6 is 11.8 Å². The van der Waals surface area contributed by atoms with E-state index in [2.05, 4.69) is 22.4 Å². The van der Waals surface area contributed by atoms with E-state index >= 15 is 0 Å². The van der Waals surface area contributed by atoms with Crippen molar-refractivity contribution in [2.24, 2.45) is 0 Å². The van der Waals surface area contributed by atoms with Crippen molar-refractivity contribution >= 4 is 29.1 Å². The van der Waals surface area contributed by atoms with Gasteiger partial charge in [0.15, 0.2) is 5.78 Å². The van der Waals surface area contributed by atoms with Crippen LogP contribution < -0.4 is 5.32 Å². The van der Waals surface area contributed by atoms with Gasteiger partial charge in [-0.2, -0.15) is 0 Å². The van der Waals surface area contributed by atoms with Gasteiger partial charge in [0.05, 0.1) is 17.6 Å². The third-order valence-corrected chi connectivity index (χ3v) is 5.14. The Morgan fingerprint density at radius 2 is 1.90 bits per heavy atom. The average molecular weight is 413 g/mol. The minimum atomic E-state index is -0.0601. The molecule has 0 spiro atoms. The van der Waals surface area contributed by atoms with E-state index in [-0.39, 0.29) is 17.4 Å². The molecule has 29 heavy (non-hydrogen) atoms. The van der Waals surface area contributed by atoms with Crippen molar-refractivity contribution in [3.63, 3.8) is 0 Å². The lowest BCUT2D eigenvalue weighted by molar-refractivity contribution is -0.116. The summed E-state index contributed by atoms with van der Waals surface area (Å²) in [6.07, 6.45) is 5.07. The monoisotopic (exact) mass is 413 g/mol. The number of carbonyl (C=O) groups excluding carboxylic acids is 2. The standard InChI is InChI=1S/C21H23N3O4S/c1-3-4-5-6-19(26)22-16-9-7-15(8-10-16)18(25)13-29-21-24-23-20(28-21)17-11-12-27-14(17)2/h7-12H,3-6,13H2,1-2H3,(H,22,26).